The Morgan fingerprint density at radius 1 is 1.09 bits per heavy atom. The number of aromatic nitrogens is 1. The van der Waals surface area contributed by atoms with Crippen LogP contribution in [0.25, 0.3) is 10.8 Å². The maximum Gasteiger partial charge on any atom is 0.390 e. The van der Waals surface area contributed by atoms with Gasteiger partial charge in [0.1, 0.15) is 0 Å². The molecule has 0 saturated carbocycles. The maximum atomic E-state index is 13.7. The van der Waals surface area contributed by atoms with Gasteiger partial charge in [-0.05, 0) is 54.2 Å². The van der Waals surface area contributed by atoms with Gasteiger partial charge in [-0.3, -0.25) is 14.6 Å². The van der Waals surface area contributed by atoms with E-state index in [4.69, 9.17) is 8.92 Å². The summed E-state index contributed by atoms with van der Waals surface area (Å²) in [6, 6.07) is 13.1. The number of nitrogens with one attached hydrogen (secondary N) is 2. The first kappa shape index (κ1) is 35.4. The number of hydrogen-bond acceptors (Lipinski definition) is 9. The average Bonchev–Trinajstić information content (AvgIpc) is 3.03. The number of alkyl halides is 3. The first-order valence-electron chi connectivity index (χ1n) is 14.9. The van der Waals surface area contributed by atoms with E-state index in [-0.39, 0.29) is 23.8 Å². The van der Waals surface area contributed by atoms with Gasteiger partial charge in [-0.1, -0.05) is 30.3 Å². The summed E-state index contributed by atoms with van der Waals surface area (Å²) < 4.78 is 72.5. The standard InChI is InChI=1S/C32H36F3N5O6S/c1-3-36-15-16-40(2)21-23-8-9-26(25-7-5-4-6-24(23)25)30(41)38-27-10-11-28(46-47(43,44)19-14-32(33,34)35)39-29(27)31(42)37-20-22-12-17-45-18-13-22/h3-11,15-16,22H,12-14,17-21H2,1-2H3,(H,37,42)(H,38,41)/b16-15-,36-3?. The summed E-state index contributed by atoms with van der Waals surface area (Å²) in [7, 11) is -2.80. The molecular weight excluding hydrogens is 639 g/mol. The van der Waals surface area contributed by atoms with Crippen molar-refractivity contribution in [3.05, 3.63) is 77.8 Å². The normalized spacial score (nSPS) is 14.5. The minimum atomic E-state index is -4.72. The van der Waals surface area contributed by atoms with Crippen LogP contribution in [0.5, 0.6) is 5.88 Å². The van der Waals surface area contributed by atoms with Gasteiger partial charge in [0.15, 0.2) is 5.69 Å². The fourth-order valence-electron chi connectivity index (χ4n) is 4.89. The molecule has 1 aliphatic heterocycles. The number of carbonyl (C=O) groups excluding carboxylic acids is 2. The zero-order chi connectivity index (χ0) is 34.0. The van der Waals surface area contributed by atoms with Crippen molar-refractivity contribution >= 4 is 44.6 Å². The van der Waals surface area contributed by atoms with Crippen LogP contribution in [0, 0.1) is 5.92 Å². The summed E-state index contributed by atoms with van der Waals surface area (Å²) in [6.07, 6.45) is 0.279. The number of nitrogens with zero attached hydrogens (tertiary/aromatic N) is 3. The number of rotatable bonds is 13. The summed E-state index contributed by atoms with van der Waals surface area (Å²) >= 11 is 0. The number of fused-ring (bicyclic) bond motifs is 1. The molecule has 0 bridgehead atoms. The van der Waals surface area contributed by atoms with E-state index in [0.29, 0.717) is 30.7 Å². The van der Waals surface area contributed by atoms with Crippen LogP contribution in [0.2, 0.25) is 0 Å². The fourth-order valence-corrected chi connectivity index (χ4v) is 5.81. The molecule has 2 N–H and O–H groups in total. The highest BCUT2D eigenvalue weighted by molar-refractivity contribution is 7.87. The molecule has 1 saturated heterocycles. The van der Waals surface area contributed by atoms with Gasteiger partial charge >= 0.3 is 16.3 Å². The number of anilines is 1. The number of ether oxygens (including phenoxy) is 1. The Bertz CT molecular complexity index is 1740. The SMILES string of the molecule is CC=N/C=C\N(C)Cc1ccc(C(=O)Nc2ccc(OS(=O)(=O)CCC(F)(F)F)nc2C(=O)NCC2CCOCC2)c2ccccc12. The molecule has 47 heavy (non-hydrogen) atoms. The molecule has 0 spiro atoms. The first-order chi connectivity index (χ1) is 22.3. The molecule has 252 valence electrons. The van der Waals surface area contributed by atoms with Crippen molar-refractivity contribution in [3.8, 4) is 5.88 Å². The minimum Gasteiger partial charge on any atom is -0.381 e. The molecule has 4 rings (SSSR count). The van der Waals surface area contributed by atoms with Crippen LogP contribution in [0.4, 0.5) is 18.9 Å². The molecule has 1 aromatic heterocycles. The summed E-state index contributed by atoms with van der Waals surface area (Å²) in [6.45, 7) is 3.72. The second-order valence-electron chi connectivity index (χ2n) is 10.9. The minimum absolute atomic E-state index is 0.0472. The molecular formula is C32H36F3N5O6S. The lowest BCUT2D eigenvalue weighted by Crippen LogP contribution is -2.33. The zero-order valence-corrected chi connectivity index (χ0v) is 26.7. The van der Waals surface area contributed by atoms with Gasteiger partial charge < -0.3 is 24.5 Å². The smallest absolute Gasteiger partial charge is 0.381 e. The van der Waals surface area contributed by atoms with Crippen molar-refractivity contribution in [2.45, 2.75) is 38.9 Å². The number of amides is 2. The molecule has 2 amide bonds. The van der Waals surface area contributed by atoms with Crippen molar-refractivity contribution in [2.75, 3.05) is 37.9 Å². The second-order valence-corrected chi connectivity index (χ2v) is 12.6. The van der Waals surface area contributed by atoms with Gasteiger partial charge in [0.25, 0.3) is 11.8 Å². The van der Waals surface area contributed by atoms with E-state index >= 15 is 0 Å². The predicted octanol–water partition coefficient (Wildman–Crippen LogP) is 5.30. The van der Waals surface area contributed by atoms with E-state index < -0.39 is 46.2 Å². The number of pyridine rings is 1. The monoisotopic (exact) mass is 675 g/mol. The fraction of sp³-hybridized carbons (Fsp3) is 0.375. The van der Waals surface area contributed by atoms with Gasteiger partial charge in [0, 0.05) is 63.6 Å². The summed E-state index contributed by atoms with van der Waals surface area (Å²) in [4.78, 5) is 37.0. The van der Waals surface area contributed by atoms with Gasteiger partial charge in [-0.15, -0.1) is 0 Å². The quantitative estimate of drug-likeness (QED) is 0.184. The molecule has 1 aliphatic rings. The highest BCUT2D eigenvalue weighted by Gasteiger charge is 2.31. The van der Waals surface area contributed by atoms with Crippen LogP contribution < -0.4 is 14.8 Å². The molecule has 0 aliphatic carbocycles. The third kappa shape index (κ3) is 10.5. The lowest BCUT2D eigenvalue weighted by Gasteiger charge is -2.22. The third-order valence-electron chi connectivity index (χ3n) is 7.31. The summed E-state index contributed by atoms with van der Waals surface area (Å²) in [5.74, 6) is -3.10. The van der Waals surface area contributed by atoms with Gasteiger partial charge in [0.2, 0.25) is 5.88 Å². The van der Waals surface area contributed by atoms with Crippen molar-refractivity contribution in [3.63, 3.8) is 0 Å². The van der Waals surface area contributed by atoms with E-state index in [9.17, 15) is 31.2 Å². The van der Waals surface area contributed by atoms with Crippen molar-refractivity contribution < 1.29 is 40.1 Å². The van der Waals surface area contributed by atoms with Gasteiger partial charge in [0.05, 0.1) is 17.9 Å². The Kier molecular flexibility index (Phi) is 11.9. The van der Waals surface area contributed by atoms with Gasteiger partial charge in [-0.2, -0.15) is 21.6 Å². The van der Waals surface area contributed by atoms with Crippen LogP contribution in [0.1, 0.15) is 52.6 Å². The highest BCUT2D eigenvalue weighted by Crippen LogP contribution is 2.27. The Morgan fingerprint density at radius 2 is 1.81 bits per heavy atom. The Morgan fingerprint density at radius 3 is 2.51 bits per heavy atom. The van der Waals surface area contributed by atoms with Crippen molar-refractivity contribution in [1.29, 1.82) is 0 Å². The summed E-state index contributed by atoms with van der Waals surface area (Å²) in [5.41, 5.74) is 0.849. The number of benzene rings is 2. The molecule has 1 fully saturated rings. The molecule has 15 heteroatoms. The number of hydrogen-bond donors (Lipinski definition) is 2. The molecule has 0 atom stereocenters. The van der Waals surface area contributed by atoms with E-state index in [1.807, 2.05) is 43.3 Å². The molecule has 11 nitrogen and oxygen atoms in total. The lowest BCUT2D eigenvalue weighted by molar-refractivity contribution is -0.130. The average molecular weight is 676 g/mol. The van der Waals surface area contributed by atoms with Crippen molar-refractivity contribution in [1.82, 2.24) is 15.2 Å². The molecule has 2 heterocycles. The van der Waals surface area contributed by atoms with Crippen LogP contribution in [0.3, 0.4) is 0 Å². The second kappa shape index (κ2) is 15.9. The topological polar surface area (TPSA) is 139 Å². The van der Waals surface area contributed by atoms with Crippen LogP contribution in [-0.4, -0.2) is 75.1 Å². The lowest BCUT2D eigenvalue weighted by atomic mass is 9.98. The molecule has 0 radical (unpaired) electrons. The van der Waals surface area contributed by atoms with E-state index in [1.54, 1.807) is 30.6 Å². The molecule has 3 aromatic rings. The Hall–Kier alpha value is -4.50. The van der Waals surface area contributed by atoms with E-state index in [1.165, 1.54) is 6.07 Å². The van der Waals surface area contributed by atoms with Gasteiger partial charge in [-0.25, -0.2) is 4.98 Å². The van der Waals surface area contributed by atoms with E-state index in [0.717, 1.165) is 29.9 Å². The highest BCUT2D eigenvalue weighted by atomic mass is 32.2. The number of carbonyl (C=O) groups is 2. The maximum absolute atomic E-state index is 13.7. The van der Waals surface area contributed by atoms with Crippen LogP contribution in [0.15, 0.2) is 65.9 Å². The van der Waals surface area contributed by atoms with Crippen LogP contribution in [-0.2, 0) is 21.4 Å². The zero-order valence-electron chi connectivity index (χ0n) is 25.9. The Labute approximate surface area is 271 Å². The molecule has 0 unspecified atom stereocenters. The van der Waals surface area contributed by atoms with Crippen LogP contribution >= 0.6 is 0 Å². The van der Waals surface area contributed by atoms with Crippen molar-refractivity contribution in [2.24, 2.45) is 10.9 Å². The first-order valence-corrected chi connectivity index (χ1v) is 16.5. The molecule has 2 aromatic carbocycles. The number of halogens is 3. The summed E-state index contributed by atoms with van der Waals surface area (Å²) in [5, 5.41) is 6.93. The van der Waals surface area contributed by atoms with E-state index in [2.05, 4.69) is 20.6 Å². The number of aliphatic imine (C=N–C) groups is 1. The third-order valence-corrected chi connectivity index (χ3v) is 8.44. The largest absolute Gasteiger partial charge is 0.390 e. The predicted molar refractivity (Wildman–Crippen MR) is 172 cm³/mol. The Balaban J connectivity index is 1.61.